The zero-order valence-corrected chi connectivity index (χ0v) is 17.9. The Morgan fingerprint density at radius 2 is 2.00 bits per heavy atom. The molecule has 8 nitrogen and oxygen atoms in total. The van der Waals surface area contributed by atoms with Gasteiger partial charge in [0.25, 0.3) is 0 Å². The van der Waals surface area contributed by atoms with Crippen molar-refractivity contribution in [3.05, 3.63) is 41.8 Å². The summed E-state index contributed by atoms with van der Waals surface area (Å²) in [5.41, 5.74) is 0.498. The van der Waals surface area contributed by atoms with Gasteiger partial charge < -0.3 is 5.32 Å². The van der Waals surface area contributed by atoms with Crippen molar-refractivity contribution in [1.82, 2.24) is 14.8 Å². The average Bonchev–Trinajstić information content (AvgIpc) is 3.20. The van der Waals surface area contributed by atoms with Crippen LogP contribution in [0.4, 0.5) is 5.69 Å². The van der Waals surface area contributed by atoms with E-state index in [1.165, 1.54) is 36.0 Å². The maximum absolute atomic E-state index is 12.6. The number of sulfonamides is 1. The highest BCUT2D eigenvalue weighted by molar-refractivity contribution is 8.00. The van der Waals surface area contributed by atoms with Gasteiger partial charge in [0.05, 0.1) is 15.0 Å². The number of amides is 1. The number of rotatable bonds is 7. The molecule has 1 unspecified atom stereocenters. The van der Waals surface area contributed by atoms with E-state index in [-0.39, 0.29) is 10.8 Å². The van der Waals surface area contributed by atoms with Crippen LogP contribution in [0.25, 0.3) is 10.7 Å². The fourth-order valence-corrected chi connectivity index (χ4v) is 4.92. The molecule has 1 aliphatic carbocycles. The number of nitrogens with zero attached hydrogens (tertiary/aromatic N) is 3. The maximum atomic E-state index is 12.6. The fraction of sp³-hybridized carbons (Fsp3) is 0.278. The molecule has 1 aromatic carbocycles. The van der Waals surface area contributed by atoms with E-state index < -0.39 is 15.3 Å². The highest BCUT2D eigenvalue weighted by Gasteiger charge is 2.31. The number of thioether (sulfide) groups is 1. The monoisotopic (exact) mass is 449 g/mol. The molecule has 29 heavy (non-hydrogen) atoms. The number of anilines is 1. The number of nitrogens with one attached hydrogen (secondary N) is 1. The van der Waals surface area contributed by atoms with E-state index >= 15 is 0 Å². The number of thiophene rings is 1. The minimum atomic E-state index is -3.76. The summed E-state index contributed by atoms with van der Waals surface area (Å²) in [7, 11) is -3.76. The Balaban J connectivity index is 1.47. The van der Waals surface area contributed by atoms with Crippen LogP contribution in [0, 0.1) is 0 Å². The summed E-state index contributed by atoms with van der Waals surface area (Å²) in [6, 6.07) is 10.1. The van der Waals surface area contributed by atoms with Crippen molar-refractivity contribution in [3.63, 3.8) is 0 Å². The van der Waals surface area contributed by atoms with E-state index in [1.54, 1.807) is 18.3 Å². The predicted molar refractivity (Wildman–Crippen MR) is 113 cm³/mol. The molecule has 0 radical (unpaired) electrons. The van der Waals surface area contributed by atoms with Crippen molar-refractivity contribution in [2.45, 2.75) is 41.1 Å². The minimum absolute atomic E-state index is 0.00318. The Kier molecular flexibility index (Phi) is 5.47. The largest absolute Gasteiger partial charge is 0.325 e. The number of benzene rings is 1. The first kappa shape index (κ1) is 20.1. The van der Waals surface area contributed by atoms with Crippen LogP contribution in [0.15, 0.2) is 51.8 Å². The van der Waals surface area contributed by atoms with E-state index in [2.05, 4.69) is 20.1 Å². The van der Waals surface area contributed by atoms with Gasteiger partial charge >= 0.3 is 0 Å². The minimum Gasteiger partial charge on any atom is -0.325 e. The lowest BCUT2D eigenvalue weighted by Crippen LogP contribution is -2.23. The van der Waals surface area contributed by atoms with E-state index in [4.69, 9.17) is 5.14 Å². The van der Waals surface area contributed by atoms with Crippen LogP contribution in [0.1, 0.15) is 25.8 Å². The first-order valence-corrected chi connectivity index (χ1v) is 12.2. The summed E-state index contributed by atoms with van der Waals surface area (Å²) in [5.74, 6) is 0.637. The molecule has 1 fully saturated rings. The van der Waals surface area contributed by atoms with Gasteiger partial charge in [-0.2, -0.15) is 0 Å². The third kappa shape index (κ3) is 4.53. The second kappa shape index (κ2) is 7.90. The van der Waals surface area contributed by atoms with Gasteiger partial charge in [0.1, 0.15) is 0 Å². The molecular weight excluding hydrogens is 430 g/mol. The van der Waals surface area contributed by atoms with Crippen molar-refractivity contribution in [2.75, 3.05) is 5.32 Å². The van der Waals surface area contributed by atoms with E-state index in [9.17, 15) is 13.2 Å². The highest BCUT2D eigenvalue weighted by atomic mass is 32.2. The second-order valence-corrected chi connectivity index (χ2v) is 10.5. The maximum Gasteiger partial charge on any atom is 0.238 e. The Labute approximate surface area is 176 Å². The first-order chi connectivity index (χ1) is 13.8. The Morgan fingerprint density at radius 1 is 1.28 bits per heavy atom. The zero-order valence-electron chi connectivity index (χ0n) is 15.5. The predicted octanol–water partition coefficient (Wildman–Crippen LogP) is 3.11. The van der Waals surface area contributed by atoms with Crippen LogP contribution in [-0.2, 0) is 14.8 Å². The molecule has 4 rings (SSSR count). The van der Waals surface area contributed by atoms with Crippen LogP contribution in [0.2, 0.25) is 0 Å². The SMILES string of the molecule is CC(Sc1nnc(-c2cccs2)n1C1CC1)C(=O)Nc1ccc(S(N)(=O)=O)cc1. The molecule has 152 valence electrons. The molecule has 3 aromatic rings. The number of aromatic nitrogens is 3. The molecule has 0 aliphatic heterocycles. The van der Waals surface area contributed by atoms with Gasteiger partial charge in [0.15, 0.2) is 11.0 Å². The molecule has 2 heterocycles. The third-order valence-corrected chi connectivity index (χ3v) is 7.27. The summed E-state index contributed by atoms with van der Waals surface area (Å²) in [4.78, 5) is 13.7. The summed E-state index contributed by atoms with van der Waals surface area (Å²) >= 11 is 2.97. The quantitative estimate of drug-likeness (QED) is 0.535. The van der Waals surface area contributed by atoms with Gasteiger partial charge in [-0.05, 0) is 55.5 Å². The number of hydrogen-bond acceptors (Lipinski definition) is 7. The summed E-state index contributed by atoms with van der Waals surface area (Å²) in [5, 5.41) is 18.9. The fourth-order valence-electron chi connectivity index (χ4n) is 2.78. The highest BCUT2D eigenvalue weighted by Crippen LogP contribution is 2.42. The molecule has 11 heteroatoms. The lowest BCUT2D eigenvalue weighted by molar-refractivity contribution is -0.115. The Hall–Kier alpha value is -2.21. The average molecular weight is 450 g/mol. The molecule has 0 saturated heterocycles. The molecule has 1 aliphatic rings. The van der Waals surface area contributed by atoms with Crippen molar-refractivity contribution in [3.8, 4) is 10.7 Å². The van der Waals surface area contributed by atoms with Crippen LogP contribution >= 0.6 is 23.1 Å². The number of primary sulfonamides is 1. The van der Waals surface area contributed by atoms with Gasteiger partial charge in [0.2, 0.25) is 15.9 Å². The number of carbonyl (C=O) groups excluding carboxylic acids is 1. The van der Waals surface area contributed by atoms with Gasteiger partial charge in [-0.3, -0.25) is 9.36 Å². The molecule has 0 bridgehead atoms. The standard InChI is InChI=1S/C18H19N5O3S3/c1-11(17(24)20-12-4-8-14(9-5-12)29(19,25)26)28-18-22-21-16(15-3-2-10-27-15)23(18)13-6-7-13/h2-5,8-11,13H,6-7H2,1H3,(H,20,24)(H2,19,25,26). The molecule has 1 atom stereocenters. The van der Waals surface area contributed by atoms with E-state index in [1.807, 2.05) is 17.5 Å². The van der Waals surface area contributed by atoms with Gasteiger partial charge in [-0.15, -0.1) is 21.5 Å². The van der Waals surface area contributed by atoms with Gasteiger partial charge in [0, 0.05) is 11.7 Å². The van der Waals surface area contributed by atoms with E-state index in [0.717, 1.165) is 28.7 Å². The zero-order chi connectivity index (χ0) is 20.6. The van der Waals surface area contributed by atoms with Crippen LogP contribution < -0.4 is 10.5 Å². The molecule has 2 aromatic heterocycles. The van der Waals surface area contributed by atoms with Crippen LogP contribution in [-0.4, -0.2) is 34.3 Å². The molecule has 1 amide bonds. The lowest BCUT2D eigenvalue weighted by atomic mass is 10.3. The van der Waals surface area contributed by atoms with Crippen molar-refractivity contribution >= 4 is 44.7 Å². The number of carbonyl (C=O) groups is 1. The Bertz CT molecular complexity index is 1120. The molecule has 0 spiro atoms. The number of nitrogens with two attached hydrogens (primary N) is 1. The van der Waals surface area contributed by atoms with Crippen LogP contribution in [0.5, 0.6) is 0 Å². The summed E-state index contributed by atoms with van der Waals surface area (Å²) in [6.07, 6.45) is 2.17. The molecule has 1 saturated carbocycles. The molecular formula is C18H19N5O3S3. The van der Waals surface area contributed by atoms with Gasteiger partial charge in [-0.25, -0.2) is 13.6 Å². The normalized spacial score (nSPS) is 15.2. The topological polar surface area (TPSA) is 120 Å². The Morgan fingerprint density at radius 3 is 2.59 bits per heavy atom. The van der Waals surface area contributed by atoms with E-state index in [0.29, 0.717) is 11.7 Å². The lowest BCUT2D eigenvalue weighted by Gasteiger charge is -2.13. The van der Waals surface area contributed by atoms with Crippen molar-refractivity contribution in [1.29, 1.82) is 0 Å². The van der Waals surface area contributed by atoms with Gasteiger partial charge in [-0.1, -0.05) is 17.8 Å². The van der Waals surface area contributed by atoms with Crippen LogP contribution in [0.3, 0.4) is 0 Å². The first-order valence-electron chi connectivity index (χ1n) is 8.92. The second-order valence-electron chi connectivity index (χ2n) is 6.70. The van der Waals surface area contributed by atoms with Crippen molar-refractivity contribution < 1.29 is 13.2 Å². The third-order valence-electron chi connectivity index (χ3n) is 4.42. The smallest absolute Gasteiger partial charge is 0.238 e. The number of hydrogen-bond donors (Lipinski definition) is 2. The summed E-state index contributed by atoms with van der Waals surface area (Å²) in [6.45, 7) is 1.80. The molecule has 3 N–H and O–H groups in total. The summed E-state index contributed by atoms with van der Waals surface area (Å²) < 4.78 is 24.8. The van der Waals surface area contributed by atoms with Crippen molar-refractivity contribution in [2.24, 2.45) is 5.14 Å².